The molecule has 5 amide bonds. The summed E-state index contributed by atoms with van der Waals surface area (Å²) in [4.78, 5) is 72.6. The number of aromatic nitrogens is 1. The molecule has 1 unspecified atom stereocenters. The minimum absolute atomic E-state index is 0.0336. The van der Waals surface area contributed by atoms with Gasteiger partial charge in [0.1, 0.15) is 24.1 Å². The van der Waals surface area contributed by atoms with Crippen LogP contribution in [0.25, 0.3) is 10.9 Å². The van der Waals surface area contributed by atoms with E-state index in [9.17, 15) is 37.1 Å². The van der Waals surface area contributed by atoms with E-state index in [1.165, 1.54) is 20.8 Å². The van der Waals surface area contributed by atoms with Crippen LogP contribution in [0.1, 0.15) is 54.6 Å². The number of ether oxygens (including phenoxy) is 2. The van der Waals surface area contributed by atoms with Gasteiger partial charge in [-0.1, -0.05) is 6.07 Å². The summed E-state index contributed by atoms with van der Waals surface area (Å²) in [7, 11) is 0. The van der Waals surface area contributed by atoms with Gasteiger partial charge in [0.25, 0.3) is 11.8 Å². The lowest BCUT2D eigenvalue weighted by Crippen LogP contribution is -2.52. The third-order valence-corrected chi connectivity index (χ3v) is 8.74. The molecule has 1 aromatic carbocycles. The van der Waals surface area contributed by atoms with Crippen LogP contribution in [0.5, 0.6) is 5.75 Å². The summed E-state index contributed by atoms with van der Waals surface area (Å²) in [5.41, 5.74) is 1.30. The van der Waals surface area contributed by atoms with Crippen LogP contribution in [-0.4, -0.2) is 120 Å². The Bertz CT molecular complexity index is 1540. The average Bonchev–Trinajstić information content (AvgIpc) is 3.53. The molecule has 1 atom stereocenters. The Labute approximate surface area is 275 Å². The van der Waals surface area contributed by atoms with Gasteiger partial charge in [-0.2, -0.15) is 13.2 Å². The van der Waals surface area contributed by atoms with Gasteiger partial charge in [0.05, 0.1) is 18.5 Å². The van der Waals surface area contributed by atoms with Crippen molar-refractivity contribution in [3.63, 3.8) is 0 Å². The third-order valence-electron chi connectivity index (χ3n) is 8.74. The summed E-state index contributed by atoms with van der Waals surface area (Å²) in [5, 5.41) is 6.15. The number of fused-ring (bicyclic) bond motifs is 1. The number of pyridine rings is 1. The second-order valence-electron chi connectivity index (χ2n) is 12.2. The first kappa shape index (κ1) is 34.7. The minimum Gasteiger partial charge on any atom is -0.483 e. The molecule has 0 spiro atoms. The molecule has 2 saturated heterocycles. The second kappa shape index (κ2) is 15.1. The molecule has 16 heteroatoms. The van der Waals surface area contributed by atoms with Crippen LogP contribution in [0.3, 0.4) is 0 Å². The molecular weight excluding hydrogens is 637 g/mol. The van der Waals surface area contributed by atoms with E-state index in [0.29, 0.717) is 30.3 Å². The summed E-state index contributed by atoms with van der Waals surface area (Å²) < 4.78 is 47.5. The van der Waals surface area contributed by atoms with Gasteiger partial charge >= 0.3 is 12.3 Å². The maximum Gasteiger partial charge on any atom is 0.409 e. The van der Waals surface area contributed by atoms with Gasteiger partial charge in [-0.3, -0.25) is 19.2 Å². The number of nitrogens with zero attached hydrogens (tertiary/aromatic N) is 4. The van der Waals surface area contributed by atoms with E-state index in [-0.39, 0.29) is 68.6 Å². The Morgan fingerprint density at radius 3 is 2.35 bits per heavy atom. The van der Waals surface area contributed by atoms with Gasteiger partial charge in [0.15, 0.2) is 6.61 Å². The van der Waals surface area contributed by atoms with Crippen molar-refractivity contribution in [2.75, 3.05) is 52.5 Å². The highest BCUT2D eigenvalue weighted by Crippen LogP contribution is 2.28. The molecule has 1 saturated carbocycles. The van der Waals surface area contributed by atoms with Gasteiger partial charge < -0.3 is 34.8 Å². The number of likely N-dealkylation sites (tertiary alicyclic amines) is 1. The zero-order chi connectivity index (χ0) is 34.4. The maximum atomic E-state index is 13.2. The van der Waals surface area contributed by atoms with Crippen molar-refractivity contribution >= 4 is 40.6 Å². The SMILES string of the molecule is Cc1ccc2c(OCC(=O)N3CCCC3C(=O)NC3CCC3)cc(C(=O)NCC(=O)N3CCN(C(=O)OCCC(F)(F)F)CC3)nc2c1. The van der Waals surface area contributed by atoms with Crippen LogP contribution in [0, 0.1) is 6.92 Å². The normalized spacial score (nSPS) is 18.3. The summed E-state index contributed by atoms with van der Waals surface area (Å²) in [5.74, 6) is -1.31. The van der Waals surface area contributed by atoms with E-state index in [1.807, 2.05) is 13.0 Å². The molecule has 1 aliphatic carbocycles. The van der Waals surface area contributed by atoms with Crippen LogP contribution in [0.2, 0.25) is 0 Å². The molecule has 3 fully saturated rings. The zero-order valence-electron chi connectivity index (χ0n) is 26.6. The molecule has 5 rings (SSSR count). The molecule has 2 N–H and O–H groups in total. The van der Waals surface area contributed by atoms with Crippen molar-refractivity contribution in [2.45, 2.75) is 63.7 Å². The van der Waals surface area contributed by atoms with E-state index < -0.39 is 43.2 Å². The lowest BCUT2D eigenvalue weighted by Gasteiger charge is -2.34. The number of hydrogen-bond donors (Lipinski definition) is 2. The zero-order valence-corrected chi connectivity index (χ0v) is 26.6. The number of carbonyl (C=O) groups is 5. The first-order chi connectivity index (χ1) is 22.9. The predicted molar refractivity (Wildman–Crippen MR) is 165 cm³/mol. The quantitative estimate of drug-likeness (QED) is 0.390. The van der Waals surface area contributed by atoms with Crippen LogP contribution in [0.15, 0.2) is 24.3 Å². The summed E-state index contributed by atoms with van der Waals surface area (Å²) >= 11 is 0. The van der Waals surface area contributed by atoms with E-state index in [1.54, 1.807) is 12.1 Å². The highest BCUT2D eigenvalue weighted by molar-refractivity contribution is 5.99. The number of amides is 5. The first-order valence-corrected chi connectivity index (χ1v) is 16.1. The molecule has 1 aromatic heterocycles. The number of rotatable bonds is 10. The molecule has 48 heavy (non-hydrogen) atoms. The number of carbonyl (C=O) groups excluding carboxylic acids is 5. The smallest absolute Gasteiger partial charge is 0.409 e. The number of nitrogens with one attached hydrogen (secondary N) is 2. The molecule has 260 valence electrons. The number of piperazine rings is 1. The van der Waals surface area contributed by atoms with Crippen LogP contribution in [0.4, 0.5) is 18.0 Å². The van der Waals surface area contributed by atoms with E-state index >= 15 is 0 Å². The Hall–Kier alpha value is -4.63. The monoisotopic (exact) mass is 676 g/mol. The largest absolute Gasteiger partial charge is 0.483 e. The third kappa shape index (κ3) is 8.83. The fourth-order valence-electron chi connectivity index (χ4n) is 5.79. The Morgan fingerprint density at radius 1 is 0.938 bits per heavy atom. The Balaban J connectivity index is 1.15. The summed E-state index contributed by atoms with van der Waals surface area (Å²) in [6.45, 7) is 1.18. The topological polar surface area (TPSA) is 150 Å². The Morgan fingerprint density at radius 2 is 1.67 bits per heavy atom. The fourth-order valence-corrected chi connectivity index (χ4v) is 5.79. The molecule has 3 heterocycles. The minimum atomic E-state index is -4.43. The van der Waals surface area contributed by atoms with Gasteiger partial charge in [-0.25, -0.2) is 9.78 Å². The molecule has 0 bridgehead atoms. The number of alkyl halides is 3. The van der Waals surface area contributed by atoms with Gasteiger partial charge in [-0.15, -0.1) is 0 Å². The second-order valence-corrected chi connectivity index (χ2v) is 12.2. The summed E-state index contributed by atoms with van der Waals surface area (Å²) in [6.07, 6.45) is -2.29. The number of benzene rings is 1. The van der Waals surface area contributed by atoms with E-state index in [0.717, 1.165) is 24.8 Å². The van der Waals surface area contributed by atoms with Gasteiger partial charge in [0.2, 0.25) is 11.8 Å². The lowest BCUT2D eigenvalue weighted by atomic mass is 9.93. The van der Waals surface area contributed by atoms with Crippen molar-refractivity contribution in [1.29, 1.82) is 0 Å². The van der Waals surface area contributed by atoms with Crippen LogP contribution >= 0.6 is 0 Å². The number of halogens is 3. The first-order valence-electron chi connectivity index (χ1n) is 16.1. The molecular formula is C32H39F3N6O7. The highest BCUT2D eigenvalue weighted by atomic mass is 19.4. The van der Waals surface area contributed by atoms with Crippen LogP contribution in [-0.2, 0) is 19.1 Å². The molecule has 0 radical (unpaired) electrons. The van der Waals surface area contributed by atoms with Crippen molar-refractivity contribution in [3.05, 3.63) is 35.5 Å². The molecule has 2 aromatic rings. The average molecular weight is 677 g/mol. The predicted octanol–water partition coefficient (Wildman–Crippen LogP) is 2.54. The summed E-state index contributed by atoms with van der Waals surface area (Å²) in [6, 6.07) is 6.41. The van der Waals surface area contributed by atoms with Gasteiger partial charge in [0, 0.05) is 50.2 Å². The highest BCUT2D eigenvalue weighted by Gasteiger charge is 2.36. The van der Waals surface area contributed by atoms with Crippen molar-refractivity contribution in [1.82, 2.24) is 30.3 Å². The van der Waals surface area contributed by atoms with Gasteiger partial charge in [-0.05, 0) is 56.7 Å². The van der Waals surface area contributed by atoms with Crippen molar-refractivity contribution < 1.29 is 46.6 Å². The van der Waals surface area contributed by atoms with E-state index in [2.05, 4.69) is 20.4 Å². The lowest BCUT2D eigenvalue weighted by molar-refractivity contribution is -0.142. The number of hydrogen-bond acceptors (Lipinski definition) is 8. The maximum absolute atomic E-state index is 13.2. The van der Waals surface area contributed by atoms with E-state index in [4.69, 9.17) is 4.74 Å². The molecule has 3 aliphatic rings. The van der Waals surface area contributed by atoms with Crippen molar-refractivity contribution in [2.24, 2.45) is 0 Å². The fraction of sp³-hybridized carbons (Fsp3) is 0.562. The molecule has 2 aliphatic heterocycles. The van der Waals surface area contributed by atoms with Crippen molar-refractivity contribution in [3.8, 4) is 5.75 Å². The molecule has 13 nitrogen and oxygen atoms in total. The van der Waals surface area contributed by atoms with Crippen LogP contribution < -0.4 is 15.4 Å². The standard InChI is InChI=1S/C32H39F3N6O7/c1-20-7-8-22-23(16-20)38-24(17-26(22)48-19-28(43)41-10-3-6-25(41)30(45)37-21-4-2-5-21)29(44)36-18-27(42)39-11-13-40(14-12-39)31(46)47-15-9-32(33,34)35/h7-8,16-17,21,25H,2-6,9-15,18-19H2,1H3,(H,36,44)(H,37,45). The Kier molecular flexibility index (Phi) is 10.9. The number of aryl methyl sites for hydroxylation is 1.